The molecule has 1 unspecified atom stereocenters. The molecule has 3 rings (SSSR count). The van der Waals surface area contributed by atoms with Crippen molar-refractivity contribution in [1.29, 1.82) is 0 Å². The molecule has 0 bridgehead atoms. The molecule has 1 heterocycles. The van der Waals surface area contributed by atoms with Gasteiger partial charge in [-0.05, 0) is 30.2 Å². The normalized spacial score (nSPS) is 15.7. The van der Waals surface area contributed by atoms with Crippen LogP contribution in [0.25, 0.3) is 0 Å². The van der Waals surface area contributed by atoms with E-state index in [0.717, 1.165) is 12.0 Å². The van der Waals surface area contributed by atoms with Gasteiger partial charge in [0.25, 0.3) is 5.91 Å². The Bertz CT molecular complexity index is 936. The lowest BCUT2D eigenvalue weighted by Gasteiger charge is -2.16. The number of anilines is 1. The van der Waals surface area contributed by atoms with Crippen LogP contribution in [0.1, 0.15) is 22.3 Å². The van der Waals surface area contributed by atoms with Gasteiger partial charge in [0.05, 0.1) is 23.1 Å². The molecule has 2 aromatic carbocycles. The lowest BCUT2D eigenvalue weighted by Crippen LogP contribution is -2.30. The van der Waals surface area contributed by atoms with Crippen LogP contribution in [0.5, 0.6) is 0 Å². The smallest absolute Gasteiger partial charge is 0.252 e. The molecule has 7 nitrogen and oxygen atoms in total. The van der Waals surface area contributed by atoms with E-state index >= 15 is 0 Å². The standard InChI is InChI=1S/C23H26ClN3O4/c1-31-12-10-25-23(30)19-8-7-18(14-20(19)24)26-22(29)17-13-21(28)27(15-17)11-9-16-5-3-2-4-6-16/h2-8,14,17H,9-13,15H2,1H3,(H,25,30)(H,26,29). The molecule has 0 saturated carbocycles. The number of ether oxygens (including phenoxy) is 1. The Balaban J connectivity index is 1.53. The molecule has 0 radical (unpaired) electrons. The predicted octanol–water partition coefficient (Wildman–Crippen LogP) is 2.75. The second-order valence-corrected chi connectivity index (χ2v) is 7.82. The van der Waals surface area contributed by atoms with Crippen molar-refractivity contribution in [3.63, 3.8) is 0 Å². The highest BCUT2D eigenvalue weighted by molar-refractivity contribution is 6.34. The Hall–Kier alpha value is -2.90. The van der Waals surface area contributed by atoms with Crippen molar-refractivity contribution in [2.75, 3.05) is 38.7 Å². The van der Waals surface area contributed by atoms with Crippen LogP contribution in [0.2, 0.25) is 5.02 Å². The first-order chi connectivity index (χ1) is 15.0. The molecule has 1 atom stereocenters. The zero-order chi connectivity index (χ0) is 22.2. The number of benzene rings is 2. The SMILES string of the molecule is COCCNC(=O)c1ccc(NC(=O)C2CC(=O)N(CCc3ccccc3)C2)cc1Cl. The number of nitrogens with zero attached hydrogens (tertiary/aromatic N) is 1. The quantitative estimate of drug-likeness (QED) is 0.583. The van der Waals surface area contributed by atoms with Gasteiger partial charge in [-0.25, -0.2) is 0 Å². The fourth-order valence-corrected chi connectivity index (χ4v) is 3.72. The lowest BCUT2D eigenvalue weighted by molar-refractivity contribution is -0.128. The number of hydrogen-bond acceptors (Lipinski definition) is 4. The number of nitrogens with one attached hydrogen (secondary N) is 2. The Kier molecular flexibility index (Phi) is 8.03. The summed E-state index contributed by atoms with van der Waals surface area (Å²) in [5.74, 6) is -0.976. The molecule has 8 heteroatoms. The third-order valence-electron chi connectivity index (χ3n) is 5.17. The number of amides is 3. The first-order valence-corrected chi connectivity index (χ1v) is 10.5. The summed E-state index contributed by atoms with van der Waals surface area (Å²) >= 11 is 6.22. The van der Waals surface area contributed by atoms with E-state index in [9.17, 15) is 14.4 Å². The Labute approximate surface area is 186 Å². The van der Waals surface area contributed by atoms with Crippen molar-refractivity contribution in [3.05, 3.63) is 64.7 Å². The molecule has 1 aliphatic heterocycles. The van der Waals surface area contributed by atoms with Gasteiger partial charge >= 0.3 is 0 Å². The largest absolute Gasteiger partial charge is 0.383 e. The molecule has 1 fully saturated rings. The molecule has 164 valence electrons. The van der Waals surface area contributed by atoms with Crippen molar-refractivity contribution in [1.82, 2.24) is 10.2 Å². The van der Waals surface area contributed by atoms with Crippen LogP contribution in [-0.4, -0.2) is 56.0 Å². The Morgan fingerprint density at radius 2 is 1.97 bits per heavy atom. The summed E-state index contributed by atoms with van der Waals surface area (Å²) in [6, 6.07) is 14.7. The van der Waals surface area contributed by atoms with Crippen LogP contribution >= 0.6 is 11.6 Å². The summed E-state index contributed by atoms with van der Waals surface area (Å²) in [6.07, 6.45) is 0.943. The van der Waals surface area contributed by atoms with Crippen LogP contribution in [0, 0.1) is 5.92 Å². The van der Waals surface area contributed by atoms with Gasteiger partial charge in [0, 0.05) is 38.9 Å². The molecule has 2 N–H and O–H groups in total. The maximum Gasteiger partial charge on any atom is 0.252 e. The molecule has 2 aromatic rings. The van der Waals surface area contributed by atoms with Gasteiger partial charge in [-0.1, -0.05) is 41.9 Å². The van der Waals surface area contributed by atoms with Crippen molar-refractivity contribution in [3.8, 4) is 0 Å². The van der Waals surface area contributed by atoms with Crippen LogP contribution in [0.3, 0.4) is 0 Å². The van der Waals surface area contributed by atoms with Crippen molar-refractivity contribution >= 4 is 35.0 Å². The second kappa shape index (κ2) is 10.9. The topological polar surface area (TPSA) is 87.7 Å². The van der Waals surface area contributed by atoms with Crippen molar-refractivity contribution in [2.24, 2.45) is 5.92 Å². The van der Waals surface area contributed by atoms with Gasteiger partial charge in [-0.2, -0.15) is 0 Å². The van der Waals surface area contributed by atoms with Gasteiger partial charge in [0.1, 0.15) is 0 Å². The number of rotatable bonds is 9. The number of hydrogen-bond donors (Lipinski definition) is 2. The highest BCUT2D eigenvalue weighted by atomic mass is 35.5. The molecular formula is C23H26ClN3O4. The third kappa shape index (κ3) is 6.29. The van der Waals surface area contributed by atoms with Gasteiger partial charge in [0.15, 0.2) is 0 Å². The first kappa shape index (κ1) is 22.8. The zero-order valence-corrected chi connectivity index (χ0v) is 18.2. The fraction of sp³-hybridized carbons (Fsp3) is 0.348. The molecule has 1 aliphatic rings. The summed E-state index contributed by atoms with van der Waals surface area (Å²) in [4.78, 5) is 38.8. The summed E-state index contributed by atoms with van der Waals surface area (Å²) < 4.78 is 4.90. The molecule has 3 amide bonds. The van der Waals surface area contributed by atoms with E-state index in [1.54, 1.807) is 24.1 Å². The summed E-state index contributed by atoms with van der Waals surface area (Å²) in [5, 5.41) is 5.74. The minimum Gasteiger partial charge on any atom is -0.383 e. The molecule has 0 aliphatic carbocycles. The third-order valence-corrected chi connectivity index (χ3v) is 5.48. The maximum absolute atomic E-state index is 12.7. The molecule has 31 heavy (non-hydrogen) atoms. The van der Waals surface area contributed by atoms with E-state index < -0.39 is 5.92 Å². The first-order valence-electron chi connectivity index (χ1n) is 10.2. The molecule has 0 aromatic heterocycles. The molecule has 1 saturated heterocycles. The zero-order valence-electron chi connectivity index (χ0n) is 17.4. The number of likely N-dealkylation sites (tertiary alicyclic amines) is 1. The Morgan fingerprint density at radius 1 is 1.19 bits per heavy atom. The van der Waals surface area contributed by atoms with E-state index in [0.29, 0.717) is 37.5 Å². The highest BCUT2D eigenvalue weighted by Crippen LogP contribution is 2.24. The monoisotopic (exact) mass is 443 g/mol. The summed E-state index contributed by atoms with van der Waals surface area (Å²) in [7, 11) is 1.55. The van der Waals surface area contributed by atoms with E-state index in [2.05, 4.69) is 10.6 Å². The maximum atomic E-state index is 12.7. The summed E-state index contributed by atoms with van der Waals surface area (Å²) in [5.41, 5.74) is 1.96. The van der Waals surface area contributed by atoms with Gasteiger partial charge < -0.3 is 20.3 Å². The lowest BCUT2D eigenvalue weighted by atomic mass is 10.1. The van der Waals surface area contributed by atoms with E-state index in [-0.39, 0.29) is 29.2 Å². The van der Waals surface area contributed by atoms with E-state index in [1.807, 2.05) is 30.3 Å². The predicted molar refractivity (Wildman–Crippen MR) is 119 cm³/mol. The van der Waals surface area contributed by atoms with E-state index in [4.69, 9.17) is 16.3 Å². The van der Waals surface area contributed by atoms with Crippen LogP contribution in [0.4, 0.5) is 5.69 Å². The van der Waals surface area contributed by atoms with Crippen LogP contribution in [-0.2, 0) is 20.7 Å². The second-order valence-electron chi connectivity index (χ2n) is 7.41. The van der Waals surface area contributed by atoms with Gasteiger partial charge in [-0.3, -0.25) is 14.4 Å². The Morgan fingerprint density at radius 3 is 2.68 bits per heavy atom. The minimum atomic E-state index is -0.418. The van der Waals surface area contributed by atoms with Gasteiger partial charge in [0.2, 0.25) is 11.8 Å². The highest BCUT2D eigenvalue weighted by Gasteiger charge is 2.34. The number of carbonyl (C=O) groups is 3. The molecular weight excluding hydrogens is 418 g/mol. The van der Waals surface area contributed by atoms with Crippen molar-refractivity contribution < 1.29 is 19.1 Å². The summed E-state index contributed by atoms with van der Waals surface area (Å²) in [6.45, 7) is 1.76. The van der Waals surface area contributed by atoms with E-state index in [1.165, 1.54) is 6.07 Å². The number of methoxy groups -OCH3 is 1. The fourth-order valence-electron chi connectivity index (χ4n) is 3.46. The average molecular weight is 444 g/mol. The van der Waals surface area contributed by atoms with Crippen molar-refractivity contribution in [2.45, 2.75) is 12.8 Å². The number of carbonyl (C=O) groups excluding carboxylic acids is 3. The van der Waals surface area contributed by atoms with Crippen LogP contribution < -0.4 is 10.6 Å². The average Bonchev–Trinajstić information content (AvgIpc) is 3.14. The molecule has 0 spiro atoms. The number of halogens is 1. The van der Waals surface area contributed by atoms with Crippen LogP contribution in [0.15, 0.2) is 48.5 Å². The van der Waals surface area contributed by atoms with Gasteiger partial charge in [-0.15, -0.1) is 0 Å². The minimum absolute atomic E-state index is 0.0165.